The number of aryl methyl sites for hydroxylation is 2. The van der Waals surface area contributed by atoms with Crippen LogP contribution in [0.2, 0.25) is 0 Å². The summed E-state index contributed by atoms with van der Waals surface area (Å²) in [6, 6.07) is 77.8. The lowest BCUT2D eigenvalue weighted by atomic mass is 9.74. The maximum atomic E-state index is 2.42. The lowest BCUT2D eigenvalue weighted by Crippen LogP contribution is -2.02. The van der Waals surface area contributed by atoms with E-state index in [0.717, 1.165) is 11.3 Å². The number of nitrogens with zero attached hydrogens (tertiary/aromatic N) is 1. The zero-order valence-corrected chi connectivity index (χ0v) is 32.2. The van der Waals surface area contributed by atoms with Crippen LogP contribution in [0.1, 0.15) is 11.1 Å². The minimum absolute atomic E-state index is 1.14. The molecule has 0 amide bonds. The first kappa shape index (κ1) is 34.3. The van der Waals surface area contributed by atoms with Crippen molar-refractivity contribution in [2.24, 2.45) is 0 Å². The van der Waals surface area contributed by atoms with E-state index in [-0.39, 0.29) is 0 Å². The number of hydrogen-bond acceptors (Lipinski definition) is 0. The van der Waals surface area contributed by atoms with Crippen molar-refractivity contribution in [3.8, 4) is 72.4 Å². The van der Waals surface area contributed by atoms with Crippen LogP contribution in [-0.4, -0.2) is 4.57 Å². The van der Waals surface area contributed by atoms with E-state index in [2.05, 4.69) is 231 Å². The predicted octanol–water partition coefficient (Wildman–Crippen LogP) is 15.4. The molecule has 0 bridgehead atoms. The fourth-order valence-electron chi connectivity index (χ4n) is 8.81. The second-order valence-electron chi connectivity index (χ2n) is 15.0. The van der Waals surface area contributed by atoms with Gasteiger partial charge in [0.15, 0.2) is 0 Å². The van der Waals surface area contributed by atoms with Gasteiger partial charge in [0.05, 0.1) is 11.0 Å². The molecule has 10 rings (SSSR count). The largest absolute Gasteiger partial charge is 0.309 e. The van der Waals surface area contributed by atoms with Gasteiger partial charge in [-0.05, 0) is 117 Å². The highest BCUT2D eigenvalue weighted by Gasteiger charge is 2.29. The molecule has 0 atom stereocenters. The van der Waals surface area contributed by atoms with E-state index in [1.807, 2.05) is 0 Å². The van der Waals surface area contributed by atoms with Crippen LogP contribution >= 0.6 is 0 Å². The van der Waals surface area contributed by atoms with Gasteiger partial charge in [-0.15, -0.1) is 0 Å². The van der Waals surface area contributed by atoms with Crippen molar-refractivity contribution in [1.29, 1.82) is 0 Å². The molecule has 0 saturated carbocycles. The van der Waals surface area contributed by atoms with Gasteiger partial charge in [0.1, 0.15) is 0 Å². The Morgan fingerprint density at radius 2 is 0.526 bits per heavy atom. The number of aromatic nitrogens is 1. The Labute approximate surface area is 334 Å². The summed E-state index contributed by atoms with van der Waals surface area (Å²) >= 11 is 0. The Morgan fingerprint density at radius 3 is 0.807 bits per heavy atom. The maximum absolute atomic E-state index is 2.42. The number of hydrogen-bond donors (Lipinski definition) is 0. The zero-order valence-electron chi connectivity index (χ0n) is 32.2. The van der Waals surface area contributed by atoms with Gasteiger partial charge in [0.25, 0.3) is 0 Å². The van der Waals surface area contributed by atoms with E-state index in [1.165, 1.54) is 94.1 Å². The van der Waals surface area contributed by atoms with E-state index in [1.54, 1.807) is 0 Å². The molecule has 0 aliphatic rings. The average Bonchev–Trinajstić information content (AvgIpc) is 3.59. The molecule has 1 heteroatoms. The zero-order chi connectivity index (χ0) is 38.3. The molecule has 1 nitrogen and oxygen atoms in total. The highest BCUT2D eigenvalue weighted by atomic mass is 15.0. The third kappa shape index (κ3) is 6.05. The molecule has 0 aliphatic carbocycles. The van der Waals surface area contributed by atoms with Gasteiger partial charge in [-0.1, -0.05) is 187 Å². The third-order valence-electron chi connectivity index (χ3n) is 11.3. The first-order valence-electron chi connectivity index (χ1n) is 19.8. The molecule has 1 aromatic heterocycles. The normalized spacial score (nSPS) is 11.3. The Kier molecular flexibility index (Phi) is 8.69. The van der Waals surface area contributed by atoms with Gasteiger partial charge >= 0.3 is 0 Å². The van der Waals surface area contributed by atoms with Crippen LogP contribution < -0.4 is 0 Å². The van der Waals surface area contributed by atoms with Gasteiger partial charge < -0.3 is 4.57 Å². The molecule has 0 saturated heterocycles. The topological polar surface area (TPSA) is 4.93 Å². The van der Waals surface area contributed by atoms with Gasteiger partial charge in [0.2, 0.25) is 0 Å². The van der Waals surface area contributed by atoms with Crippen LogP contribution in [-0.2, 0) is 0 Å². The fraction of sp³-hybridized carbons (Fsp3) is 0.0357. The highest BCUT2D eigenvalue weighted by Crippen LogP contribution is 2.55. The summed E-state index contributed by atoms with van der Waals surface area (Å²) in [4.78, 5) is 0. The molecule has 0 aliphatic heterocycles. The monoisotopic (exact) mass is 727 g/mol. The van der Waals surface area contributed by atoms with E-state index in [4.69, 9.17) is 0 Å². The van der Waals surface area contributed by atoms with E-state index >= 15 is 0 Å². The standard InChI is InChI=1S/C56H41N/c1-38-28-34-49-47(36-38)48-37-39(2)29-35-50(48)57(49)46-32-30-45(31-33-46)56-54(43-24-14-6-15-25-43)52(41-20-10-4-11-21-41)51(40-18-8-3-9-19-40)53(42-22-12-5-13-23-42)55(56)44-26-16-7-17-27-44/h3-37H,1-2H3. The maximum Gasteiger partial charge on any atom is 0.0541 e. The van der Waals surface area contributed by atoms with E-state index in [9.17, 15) is 0 Å². The summed E-state index contributed by atoms with van der Waals surface area (Å²) in [5.74, 6) is 0. The molecule has 10 aromatic rings. The Bertz CT molecular complexity index is 2850. The molecular formula is C56H41N. The van der Waals surface area contributed by atoms with Crippen molar-refractivity contribution in [1.82, 2.24) is 4.57 Å². The van der Waals surface area contributed by atoms with Gasteiger partial charge in [-0.2, -0.15) is 0 Å². The molecule has 9 aromatic carbocycles. The minimum atomic E-state index is 1.14. The van der Waals surface area contributed by atoms with Crippen LogP contribution in [0.4, 0.5) is 0 Å². The molecule has 1 heterocycles. The van der Waals surface area contributed by atoms with E-state index in [0.29, 0.717) is 0 Å². The Balaban J connectivity index is 1.36. The molecular weight excluding hydrogens is 687 g/mol. The molecule has 57 heavy (non-hydrogen) atoms. The summed E-state index contributed by atoms with van der Waals surface area (Å²) in [7, 11) is 0. The van der Waals surface area contributed by atoms with Crippen LogP contribution in [0.25, 0.3) is 94.3 Å². The molecule has 0 fully saturated rings. The summed E-state index contributed by atoms with van der Waals surface area (Å²) in [5, 5.41) is 2.57. The number of fused-ring (bicyclic) bond motifs is 3. The first-order valence-corrected chi connectivity index (χ1v) is 19.8. The van der Waals surface area contributed by atoms with Crippen molar-refractivity contribution in [3.05, 3.63) is 223 Å². The van der Waals surface area contributed by atoms with Gasteiger partial charge in [0, 0.05) is 16.5 Å². The highest BCUT2D eigenvalue weighted by molar-refractivity contribution is 6.15. The lowest BCUT2D eigenvalue weighted by Gasteiger charge is -2.29. The molecule has 0 spiro atoms. The third-order valence-corrected chi connectivity index (χ3v) is 11.3. The fourth-order valence-corrected chi connectivity index (χ4v) is 8.81. The minimum Gasteiger partial charge on any atom is -0.309 e. The average molecular weight is 728 g/mol. The van der Waals surface area contributed by atoms with Crippen LogP contribution in [0.5, 0.6) is 0 Å². The van der Waals surface area contributed by atoms with Crippen LogP contribution in [0.15, 0.2) is 212 Å². The Hall–Kier alpha value is -7.22. The van der Waals surface area contributed by atoms with Gasteiger partial charge in [-0.25, -0.2) is 0 Å². The molecule has 270 valence electrons. The smallest absolute Gasteiger partial charge is 0.0541 e. The van der Waals surface area contributed by atoms with Crippen molar-refractivity contribution in [2.75, 3.05) is 0 Å². The van der Waals surface area contributed by atoms with E-state index < -0.39 is 0 Å². The summed E-state index contributed by atoms with van der Waals surface area (Å²) < 4.78 is 2.42. The summed E-state index contributed by atoms with van der Waals surface area (Å²) in [6.07, 6.45) is 0. The van der Waals surface area contributed by atoms with Crippen LogP contribution in [0, 0.1) is 13.8 Å². The Morgan fingerprint density at radius 1 is 0.263 bits per heavy atom. The molecule has 0 unspecified atom stereocenters. The predicted molar refractivity (Wildman–Crippen MR) is 243 cm³/mol. The van der Waals surface area contributed by atoms with Crippen molar-refractivity contribution < 1.29 is 0 Å². The van der Waals surface area contributed by atoms with Gasteiger partial charge in [-0.3, -0.25) is 0 Å². The van der Waals surface area contributed by atoms with Crippen molar-refractivity contribution in [2.45, 2.75) is 13.8 Å². The molecule has 0 radical (unpaired) electrons. The lowest BCUT2D eigenvalue weighted by molar-refractivity contribution is 1.18. The summed E-state index contributed by atoms with van der Waals surface area (Å²) in [6.45, 7) is 4.36. The quantitative estimate of drug-likeness (QED) is 0.154. The van der Waals surface area contributed by atoms with Crippen molar-refractivity contribution >= 4 is 21.8 Å². The summed E-state index contributed by atoms with van der Waals surface area (Å²) in [5.41, 5.74) is 20.5. The van der Waals surface area contributed by atoms with Crippen molar-refractivity contribution in [3.63, 3.8) is 0 Å². The SMILES string of the molecule is Cc1ccc2c(c1)c1cc(C)ccc1n2-c1ccc(-c2c(-c3ccccc3)c(-c3ccccc3)c(-c3ccccc3)c(-c3ccccc3)c2-c2ccccc2)cc1. The molecule has 0 N–H and O–H groups in total. The number of benzene rings is 9. The first-order chi connectivity index (χ1) is 28.1. The number of rotatable bonds is 7. The second-order valence-corrected chi connectivity index (χ2v) is 15.0. The van der Waals surface area contributed by atoms with Crippen LogP contribution in [0.3, 0.4) is 0 Å². The second kappa shape index (κ2) is 14.5.